The molecule has 40 heavy (non-hydrogen) atoms. The molecule has 0 N–H and O–H groups in total. The van der Waals surface area contributed by atoms with Crippen LogP contribution in [0.5, 0.6) is 23.0 Å². The van der Waals surface area contributed by atoms with E-state index in [2.05, 4.69) is 58.3 Å². The first kappa shape index (κ1) is 29.0. The summed E-state index contributed by atoms with van der Waals surface area (Å²) in [5, 5.41) is 0. The van der Waals surface area contributed by atoms with E-state index >= 15 is 0 Å². The summed E-state index contributed by atoms with van der Waals surface area (Å²) >= 11 is 0. The van der Waals surface area contributed by atoms with Crippen LogP contribution in [0.15, 0.2) is 97.1 Å². The molecule has 0 unspecified atom stereocenters. The van der Waals surface area contributed by atoms with Crippen molar-refractivity contribution in [3.8, 4) is 23.0 Å². The van der Waals surface area contributed by atoms with Crippen molar-refractivity contribution in [2.75, 3.05) is 41.5 Å². The number of benzene rings is 4. The van der Waals surface area contributed by atoms with E-state index in [1.807, 2.05) is 48.5 Å². The van der Waals surface area contributed by atoms with Crippen molar-refractivity contribution in [2.24, 2.45) is 0 Å². The lowest BCUT2D eigenvalue weighted by Gasteiger charge is -2.28. The van der Waals surface area contributed by atoms with Gasteiger partial charge in [0.05, 0.1) is 28.4 Å². The molecule has 0 aliphatic carbocycles. The topological polar surface area (TPSA) is 43.4 Å². The number of nitrogens with zero attached hydrogens (tertiary/aromatic N) is 2. The van der Waals surface area contributed by atoms with E-state index < -0.39 is 0 Å². The van der Waals surface area contributed by atoms with Gasteiger partial charge in [-0.3, -0.25) is 9.80 Å². The molecule has 0 amide bonds. The number of rotatable bonds is 15. The molecule has 0 spiro atoms. The summed E-state index contributed by atoms with van der Waals surface area (Å²) in [4.78, 5) is 5.00. The van der Waals surface area contributed by atoms with Crippen LogP contribution in [0.4, 0.5) is 0 Å². The Morgan fingerprint density at radius 2 is 0.550 bits per heavy atom. The summed E-state index contributed by atoms with van der Waals surface area (Å²) in [6.45, 7) is 5.18. The van der Waals surface area contributed by atoms with E-state index in [1.54, 1.807) is 28.4 Å². The smallest absolute Gasteiger partial charge is 0.118 e. The highest BCUT2D eigenvalue weighted by Gasteiger charge is 2.13. The maximum Gasteiger partial charge on any atom is 0.118 e. The third kappa shape index (κ3) is 8.76. The van der Waals surface area contributed by atoms with E-state index in [-0.39, 0.29) is 0 Å². The molecule has 0 radical (unpaired) electrons. The highest BCUT2D eigenvalue weighted by atomic mass is 16.5. The number of ether oxygens (including phenoxy) is 4. The van der Waals surface area contributed by atoms with Crippen LogP contribution in [0.2, 0.25) is 0 Å². The number of hydrogen-bond acceptors (Lipinski definition) is 6. The highest BCUT2D eigenvalue weighted by Crippen LogP contribution is 2.19. The standard InChI is InChI=1S/C34H40N2O4/c1-37-31-13-5-27(6-14-31)23-35(24-28-7-15-32(38-2)16-8-28)21-22-36(25-29-9-17-33(39-3)18-10-29)26-30-11-19-34(40-4)20-12-30/h5-20H,21-26H2,1-4H3. The van der Waals surface area contributed by atoms with Gasteiger partial charge in [-0.15, -0.1) is 0 Å². The van der Waals surface area contributed by atoms with Crippen LogP contribution in [0.1, 0.15) is 22.3 Å². The minimum absolute atomic E-state index is 0.842. The van der Waals surface area contributed by atoms with E-state index in [9.17, 15) is 0 Å². The van der Waals surface area contributed by atoms with Gasteiger partial charge in [0.2, 0.25) is 0 Å². The first-order valence-electron chi connectivity index (χ1n) is 13.5. The molecule has 4 aromatic carbocycles. The van der Waals surface area contributed by atoms with Gasteiger partial charge in [0.1, 0.15) is 23.0 Å². The fourth-order valence-corrected chi connectivity index (χ4v) is 4.67. The van der Waals surface area contributed by atoms with Crippen LogP contribution >= 0.6 is 0 Å². The Morgan fingerprint density at radius 3 is 0.725 bits per heavy atom. The lowest BCUT2D eigenvalue weighted by atomic mass is 10.1. The fraction of sp³-hybridized carbons (Fsp3) is 0.294. The average Bonchev–Trinajstić information content (AvgIpc) is 3.01. The maximum absolute atomic E-state index is 5.36. The lowest BCUT2D eigenvalue weighted by Crippen LogP contribution is -2.34. The van der Waals surface area contributed by atoms with E-state index in [0.717, 1.165) is 62.3 Å². The van der Waals surface area contributed by atoms with E-state index in [4.69, 9.17) is 18.9 Å². The summed E-state index contributed by atoms with van der Waals surface area (Å²) in [5.74, 6) is 3.48. The molecule has 4 rings (SSSR count). The third-order valence-electron chi connectivity index (χ3n) is 6.99. The van der Waals surface area contributed by atoms with Crippen LogP contribution < -0.4 is 18.9 Å². The SMILES string of the molecule is COc1ccc(CN(CCN(Cc2ccc(OC)cc2)Cc2ccc(OC)cc2)Cc2ccc(OC)cc2)cc1. The molecule has 0 aliphatic heterocycles. The summed E-state index contributed by atoms with van der Waals surface area (Å²) in [5.41, 5.74) is 5.02. The van der Waals surface area contributed by atoms with Crippen LogP contribution in [0.25, 0.3) is 0 Å². The van der Waals surface area contributed by atoms with Crippen LogP contribution in [0, 0.1) is 0 Å². The fourth-order valence-electron chi connectivity index (χ4n) is 4.67. The van der Waals surface area contributed by atoms with Crippen molar-refractivity contribution in [1.29, 1.82) is 0 Å². The Bertz CT molecular complexity index is 1070. The molecule has 0 aromatic heterocycles. The zero-order chi connectivity index (χ0) is 28.2. The molecule has 4 aromatic rings. The summed E-state index contributed by atoms with van der Waals surface area (Å²) in [6, 6.07) is 33.4. The van der Waals surface area contributed by atoms with Crippen molar-refractivity contribution in [3.63, 3.8) is 0 Å². The Labute approximate surface area is 238 Å². The van der Waals surface area contributed by atoms with E-state index in [1.165, 1.54) is 22.3 Å². The van der Waals surface area contributed by atoms with Crippen LogP contribution in [0.3, 0.4) is 0 Å². The molecule has 0 saturated heterocycles. The van der Waals surface area contributed by atoms with Crippen LogP contribution in [-0.2, 0) is 26.2 Å². The quantitative estimate of drug-likeness (QED) is 0.173. The highest BCUT2D eigenvalue weighted by molar-refractivity contribution is 5.30. The Balaban J connectivity index is 1.51. The molecule has 0 aliphatic rings. The Morgan fingerprint density at radius 1 is 0.350 bits per heavy atom. The first-order chi connectivity index (χ1) is 19.6. The third-order valence-corrected chi connectivity index (χ3v) is 6.99. The summed E-state index contributed by atoms with van der Waals surface area (Å²) in [6.07, 6.45) is 0. The van der Waals surface area contributed by atoms with Gasteiger partial charge in [-0.05, 0) is 70.8 Å². The van der Waals surface area contributed by atoms with Gasteiger partial charge in [0.25, 0.3) is 0 Å². The van der Waals surface area contributed by atoms with Gasteiger partial charge in [-0.2, -0.15) is 0 Å². The zero-order valence-corrected chi connectivity index (χ0v) is 24.0. The second-order valence-electron chi connectivity index (χ2n) is 9.81. The van der Waals surface area contributed by atoms with Gasteiger partial charge in [0, 0.05) is 39.3 Å². The van der Waals surface area contributed by atoms with Crippen molar-refractivity contribution < 1.29 is 18.9 Å². The second-order valence-corrected chi connectivity index (χ2v) is 9.81. The van der Waals surface area contributed by atoms with Gasteiger partial charge in [-0.1, -0.05) is 48.5 Å². The largest absolute Gasteiger partial charge is 0.497 e. The van der Waals surface area contributed by atoms with Gasteiger partial charge >= 0.3 is 0 Å². The molecule has 6 heteroatoms. The molecule has 0 saturated carbocycles. The molecular weight excluding hydrogens is 500 g/mol. The first-order valence-corrected chi connectivity index (χ1v) is 13.5. The van der Waals surface area contributed by atoms with Crippen molar-refractivity contribution >= 4 is 0 Å². The van der Waals surface area contributed by atoms with Crippen molar-refractivity contribution in [2.45, 2.75) is 26.2 Å². The number of methoxy groups -OCH3 is 4. The molecule has 0 bridgehead atoms. The van der Waals surface area contributed by atoms with Crippen LogP contribution in [-0.4, -0.2) is 51.3 Å². The van der Waals surface area contributed by atoms with Gasteiger partial charge in [0.15, 0.2) is 0 Å². The molecule has 210 valence electrons. The molecule has 0 heterocycles. The maximum atomic E-state index is 5.36. The molecule has 0 fully saturated rings. The average molecular weight is 541 g/mol. The zero-order valence-electron chi connectivity index (χ0n) is 24.0. The van der Waals surface area contributed by atoms with Crippen molar-refractivity contribution in [1.82, 2.24) is 9.80 Å². The van der Waals surface area contributed by atoms with Crippen molar-refractivity contribution in [3.05, 3.63) is 119 Å². The van der Waals surface area contributed by atoms with Gasteiger partial charge < -0.3 is 18.9 Å². The minimum atomic E-state index is 0.842. The minimum Gasteiger partial charge on any atom is -0.497 e. The summed E-state index contributed by atoms with van der Waals surface area (Å²) in [7, 11) is 6.80. The Hall–Kier alpha value is -4.00. The van der Waals surface area contributed by atoms with Gasteiger partial charge in [-0.25, -0.2) is 0 Å². The second kappa shape index (κ2) is 15.0. The predicted molar refractivity (Wildman–Crippen MR) is 160 cm³/mol. The lowest BCUT2D eigenvalue weighted by molar-refractivity contribution is 0.182. The number of hydrogen-bond donors (Lipinski definition) is 0. The van der Waals surface area contributed by atoms with E-state index in [0.29, 0.717) is 0 Å². The monoisotopic (exact) mass is 540 g/mol. The molecule has 0 atom stereocenters. The molecule has 6 nitrogen and oxygen atoms in total. The predicted octanol–water partition coefficient (Wildman–Crippen LogP) is 6.43. The Kier molecular flexibility index (Phi) is 10.8. The summed E-state index contributed by atoms with van der Waals surface area (Å²) < 4.78 is 21.5. The normalized spacial score (nSPS) is 11.1. The molecular formula is C34H40N2O4.